The van der Waals surface area contributed by atoms with Crippen LogP contribution in [0.25, 0.3) is 10.8 Å². The van der Waals surface area contributed by atoms with Gasteiger partial charge in [0.1, 0.15) is 0 Å². The van der Waals surface area contributed by atoms with Crippen molar-refractivity contribution in [1.82, 2.24) is 10.2 Å². The largest absolute Gasteiger partial charge is 0.396 e. The van der Waals surface area contributed by atoms with Gasteiger partial charge in [-0.3, -0.25) is 4.90 Å². The maximum Gasteiger partial charge on any atom is 0.0500 e. The molecule has 0 spiro atoms. The monoisotopic (exact) mass is 298 g/mol. The maximum atomic E-state index is 9.93. The number of nitrogens with zero attached hydrogens (tertiary/aromatic N) is 1. The number of benzene rings is 2. The van der Waals surface area contributed by atoms with E-state index in [1.807, 2.05) is 0 Å². The minimum atomic E-state index is -0.167. The minimum Gasteiger partial charge on any atom is -0.396 e. The predicted octanol–water partition coefficient (Wildman–Crippen LogP) is 2.80. The molecule has 1 aliphatic heterocycles. The van der Waals surface area contributed by atoms with Crippen molar-refractivity contribution in [2.45, 2.75) is 19.9 Å². The fourth-order valence-electron chi connectivity index (χ4n) is 3.56. The lowest BCUT2D eigenvalue weighted by atomic mass is 9.79. The second-order valence-electron chi connectivity index (χ2n) is 6.94. The Morgan fingerprint density at radius 1 is 1.09 bits per heavy atom. The van der Waals surface area contributed by atoms with E-state index in [0.29, 0.717) is 0 Å². The van der Waals surface area contributed by atoms with E-state index in [1.54, 1.807) is 0 Å². The van der Waals surface area contributed by atoms with Gasteiger partial charge in [0.15, 0.2) is 0 Å². The van der Waals surface area contributed by atoms with Gasteiger partial charge < -0.3 is 10.4 Å². The Balaban J connectivity index is 2.02. The zero-order valence-electron chi connectivity index (χ0n) is 13.5. The van der Waals surface area contributed by atoms with E-state index >= 15 is 0 Å². The highest BCUT2D eigenvalue weighted by atomic mass is 16.3. The molecule has 2 aromatic carbocycles. The minimum absolute atomic E-state index is 0.167. The van der Waals surface area contributed by atoms with Crippen LogP contribution in [-0.4, -0.2) is 42.8 Å². The number of aliphatic hydroxyl groups is 1. The van der Waals surface area contributed by atoms with Gasteiger partial charge >= 0.3 is 0 Å². The highest BCUT2D eigenvalue weighted by Crippen LogP contribution is 2.39. The van der Waals surface area contributed by atoms with Crippen molar-refractivity contribution in [1.29, 1.82) is 0 Å². The van der Waals surface area contributed by atoms with Crippen molar-refractivity contribution in [3.05, 3.63) is 48.0 Å². The fourth-order valence-corrected chi connectivity index (χ4v) is 3.56. The molecular formula is C19H26N2O. The van der Waals surface area contributed by atoms with E-state index in [0.717, 1.165) is 26.2 Å². The molecule has 2 N–H and O–H groups in total. The van der Waals surface area contributed by atoms with Crippen LogP contribution in [0.5, 0.6) is 0 Å². The maximum absolute atomic E-state index is 9.93. The SMILES string of the molecule is CC(C)(CO)[C@H](c1ccc2ccccc2c1)N1CCNCC1. The number of piperazine rings is 1. The molecule has 1 atom stereocenters. The standard InChI is InChI=1S/C19H26N2O/c1-19(2,14-22)18(21-11-9-20-10-12-21)17-8-7-15-5-3-4-6-16(15)13-17/h3-8,13,18,20,22H,9-12,14H2,1-2H3/t18-/m0/s1. The third-order valence-corrected chi connectivity index (χ3v) is 4.75. The molecule has 3 heteroatoms. The summed E-state index contributed by atoms with van der Waals surface area (Å²) >= 11 is 0. The molecule has 0 amide bonds. The molecule has 1 aliphatic rings. The van der Waals surface area contributed by atoms with Crippen LogP contribution < -0.4 is 5.32 Å². The second kappa shape index (κ2) is 6.37. The molecule has 3 rings (SSSR count). The fraction of sp³-hybridized carbons (Fsp3) is 0.474. The highest BCUT2D eigenvalue weighted by Gasteiger charge is 2.35. The van der Waals surface area contributed by atoms with Crippen molar-refractivity contribution < 1.29 is 5.11 Å². The van der Waals surface area contributed by atoms with Crippen LogP contribution in [0.2, 0.25) is 0 Å². The van der Waals surface area contributed by atoms with Crippen molar-refractivity contribution in [2.75, 3.05) is 32.8 Å². The lowest BCUT2D eigenvalue weighted by molar-refractivity contribution is 0.0306. The van der Waals surface area contributed by atoms with E-state index in [9.17, 15) is 5.11 Å². The zero-order chi connectivity index (χ0) is 15.6. The molecule has 1 fully saturated rings. The average molecular weight is 298 g/mol. The molecule has 0 bridgehead atoms. The summed E-state index contributed by atoms with van der Waals surface area (Å²) in [6.45, 7) is 8.61. The first-order chi connectivity index (χ1) is 10.6. The molecule has 0 saturated carbocycles. The van der Waals surface area contributed by atoms with Crippen LogP contribution in [0.4, 0.5) is 0 Å². The third kappa shape index (κ3) is 3.02. The molecule has 0 unspecified atom stereocenters. The first kappa shape index (κ1) is 15.5. The summed E-state index contributed by atoms with van der Waals surface area (Å²) in [5.74, 6) is 0. The van der Waals surface area contributed by atoms with Crippen LogP contribution in [0.15, 0.2) is 42.5 Å². The Hall–Kier alpha value is -1.42. The van der Waals surface area contributed by atoms with E-state index in [4.69, 9.17) is 0 Å². The van der Waals surface area contributed by atoms with Gasteiger partial charge in [0.05, 0.1) is 0 Å². The van der Waals surface area contributed by atoms with Crippen LogP contribution in [0, 0.1) is 5.41 Å². The second-order valence-corrected chi connectivity index (χ2v) is 6.94. The van der Waals surface area contributed by atoms with Gasteiger partial charge in [-0.05, 0) is 22.4 Å². The summed E-state index contributed by atoms with van der Waals surface area (Å²) in [5.41, 5.74) is 1.14. The highest BCUT2D eigenvalue weighted by molar-refractivity contribution is 5.83. The summed E-state index contributed by atoms with van der Waals surface area (Å²) in [6, 6.07) is 15.4. The number of aliphatic hydroxyl groups excluding tert-OH is 1. The summed E-state index contributed by atoms with van der Waals surface area (Å²) in [4.78, 5) is 2.51. The van der Waals surface area contributed by atoms with Gasteiger partial charge in [-0.2, -0.15) is 0 Å². The van der Waals surface area contributed by atoms with Crippen LogP contribution in [0.3, 0.4) is 0 Å². The van der Waals surface area contributed by atoms with Crippen LogP contribution in [-0.2, 0) is 0 Å². The first-order valence-electron chi connectivity index (χ1n) is 8.16. The number of fused-ring (bicyclic) bond motifs is 1. The third-order valence-electron chi connectivity index (χ3n) is 4.75. The molecule has 0 aromatic heterocycles. The van der Waals surface area contributed by atoms with Gasteiger partial charge in [-0.25, -0.2) is 0 Å². The molecule has 3 nitrogen and oxygen atoms in total. The van der Waals surface area contributed by atoms with Crippen molar-refractivity contribution in [2.24, 2.45) is 5.41 Å². The Morgan fingerprint density at radius 2 is 1.77 bits per heavy atom. The molecule has 22 heavy (non-hydrogen) atoms. The summed E-state index contributed by atoms with van der Waals surface area (Å²) in [5, 5.41) is 15.9. The van der Waals surface area contributed by atoms with Gasteiger partial charge in [-0.15, -0.1) is 0 Å². The van der Waals surface area contributed by atoms with E-state index in [2.05, 4.69) is 66.5 Å². The predicted molar refractivity (Wildman–Crippen MR) is 92.0 cm³/mol. The molecule has 1 heterocycles. The molecule has 2 aromatic rings. The lowest BCUT2D eigenvalue weighted by Crippen LogP contribution is -2.49. The number of hydrogen-bond acceptors (Lipinski definition) is 3. The molecule has 0 aliphatic carbocycles. The van der Waals surface area contributed by atoms with Gasteiger partial charge in [0.2, 0.25) is 0 Å². The molecule has 0 radical (unpaired) electrons. The van der Waals surface area contributed by atoms with Crippen molar-refractivity contribution in [3.63, 3.8) is 0 Å². The average Bonchev–Trinajstić information content (AvgIpc) is 2.56. The molecular weight excluding hydrogens is 272 g/mol. The smallest absolute Gasteiger partial charge is 0.0500 e. The van der Waals surface area contributed by atoms with Gasteiger partial charge in [0.25, 0.3) is 0 Å². The van der Waals surface area contributed by atoms with E-state index in [-0.39, 0.29) is 18.1 Å². The number of rotatable bonds is 4. The van der Waals surface area contributed by atoms with Crippen molar-refractivity contribution >= 4 is 10.8 Å². The van der Waals surface area contributed by atoms with E-state index < -0.39 is 0 Å². The molecule has 118 valence electrons. The Labute approximate surface area is 132 Å². The first-order valence-corrected chi connectivity index (χ1v) is 8.16. The summed E-state index contributed by atoms with van der Waals surface area (Å²) in [6.07, 6.45) is 0. The Morgan fingerprint density at radius 3 is 2.45 bits per heavy atom. The van der Waals surface area contributed by atoms with Crippen LogP contribution >= 0.6 is 0 Å². The number of hydrogen-bond donors (Lipinski definition) is 2. The summed E-state index contributed by atoms with van der Waals surface area (Å²) < 4.78 is 0. The topological polar surface area (TPSA) is 35.5 Å². The van der Waals surface area contributed by atoms with E-state index in [1.165, 1.54) is 16.3 Å². The lowest BCUT2D eigenvalue weighted by Gasteiger charge is -2.43. The number of nitrogens with one attached hydrogen (secondary N) is 1. The van der Waals surface area contributed by atoms with Crippen LogP contribution in [0.1, 0.15) is 25.5 Å². The summed E-state index contributed by atoms with van der Waals surface area (Å²) in [7, 11) is 0. The Bertz CT molecular complexity index is 632. The van der Waals surface area contributed by atoms with Gasteiger partial charge in [0, 0.05) is 44.2 Å². The normalized spacial score (nSPS) is 18.5. The Kier molecular flexibility index (Phi) is 4.48. The van der Waals surface area contributed by atoms with Gasteiger partial charge in [-0.1, -0.05) is 50.2 Å². The zero-order valence-corrected chi connectivity index (χ0v) is 13.5. The van der Waals surface area contributed by atoms with Crippen molar-refractivity contribution in [3.8, 4) is 0 Å². The molecule has 1 saturated heterocycles. The quantitative estimate of drug-likeness (QED) is 0.911.